The van der Waals surface area contributed by atoms with Gasteiger partial charge >= 0.3 is 0 Å². The van der Waals surface area contributed by atoms with Crippen molar-refractivity contribution in [1.29, 1.82) is 0 Å². The zero-order chi connectivity index (χ0) is 27.1. The second-order valence-electron chi connectivity index (χ2n) is 11.5. The molecule has 1 aliphatic rings. The monoisotopic (exact) mass is 510 g/mol. The van der Waals surface area contributed by atoms with Crippen LogP contribution in [0.15, 0.2) is 109 Å². The first kappa shape index (κ1) is 23.2. The minimum atomic E-state index is 1.28. The predicted molar refractivity (Wildman–Crippen MR) is 173 cm³/mol. The fourth-order valence-corrected chi connectivity index (χ4v) is 7.41. The summed E-state index contributed by atoms with van der Waals surface area (Å²) in [4.78, 5) is 0. The molecule has 8 rings (SSSR count). The third-order valence-electron chi connectivity index (χ3n) is 9.08. The summed E-state index contributed by atoms with van der Waals surface area (Å²) in [5, 5.41) is 7.90. The van der Waals surface area contributed by atoms with Gasteiger partial charge < -0.3 is 0 Å². The van der Waals surface area contributed by atoms with Crippen molar-refractivity contribution in [3.63, 3.8) is 0 Å². The molecule has 40 heavy (non-hydrogen) atoms. The highest BCUT2D eigenvalue weighted by Crippen LogP contribution is 2.59. The SMILES string of the molecule is Cc1cccc(C)c1-c1c2c(c(-c3c(C)cccc3C)c3cc4ccccc4cc13)-c1cccc3cccc-2c13. The van der Waals surface area contributed by atoms with E-state index in [1.807, 2.05) is 0 Å². The van der Waals surface area contributed by atoms with Crippen LogP contribution in [0.3, 0.4) is 0 Å². The van der Waals surface area contributed by atoms with E-state index >= 15 is 0 Å². The van der Waals surface area contributed by atoms with Crippen molar-refractivity contribution in [1.82, 2.24) is 0 Å². The van der Waals surface area contributed by atoms with Crippen molar-refractivity contribution in [2.24, 2.45) is 0 Å². The standard InChI is InChI=1S/C40H30/c1-23-11-7-12-24(2)34(23)39-32-21-28-15-5-6-16-29(28)22-33(32)40(35-25(3)13-8-14-26(35)4)38-31-20-10-18-27-17-9-19-30(36(27)31)37(38)39/h5-22H,1-4H3. The van der Waals surface area contributed by atoms with Crippen LogP contribution in [0.2, 0.25) is 0 Å². The summed E-state index contributed by atoms with van der Waals surface area (Å²) < 4.78 is 0. The minimum Gasteiger partial charge on any atom is -0.0617 e. The molecule has 0 nitrogen and oxygen atoms in total. The van der Waals surface area contributed by atoms with Gasteiger partial charge in [0.15, 0.2) is 0 Å². The van der Waals surface area contributed by atoms with Crippen LogP contribution in [-0.4, -0.2) is 0 Å². The smallest absolute Gasteiger partial charge is 0.000721 e. The highest BCUT2D eigenvalue weighted by Gasteiger charge is 2.32. The van der Waals surface area contributed by atoms with Gasteiger partial charge in [0.05, 0.1) is 0 Å². The van der Waals surface area contributed by atoms with Crippen molar-refractivity contribution in [3.8, 4) is 44.5 Å². The van der Waals surface area contributed by atoms with Gasteiger partial charge in [0.25, 0.3) is 0 Å². The van der Waals surface area contributed by atoms with E-state index in [4.69, 9.17) is 0 Å². The molecule has 0 amide bonds. The van der Waals surface area contributed by atoms with Crippen molar-refractivity contribution in [2.45, 2.75) is 27.7 Å². The lowest BCUT2D eigenvalue weighted by Gasteiger charge is -2.24. The summed E-state index contributed by atoms with van der Waals surface area (Å²) in [6.45, 7) is 9.07. The van der Waals surface area contributed by atoms with Crippen LogP contribution >= 0.6 is 0 Å². The highest BCUT2D eigenvalue weighted by molar-refractivity contribution is 6.29. The van der Waals surface area contributed by atoms with Gasteiger partial charge in [-0.25, -0.2) is 0 Å². The Bertz CT molecular complexity index is 2000. The van der Waals surface area contributed by atoms with Gasteiger partial charge in [0.2, 0.25) is 0 Å². The first-order valence-corrected chi connectivity index (χ1v) is 14.2. The molecule has 0 fully saturated rings. The first-order valence-electron chi connectivity index (χ1n) is 14.2. The number of hydrogen-bond donors (Lipinski definition) is 0. The molecule has 0 atom stereocenters. The Hall–Kier alpha value is -4.68. The molecule has 7 aromatic rings. The molecule has 0 heterocycles. The third-order valence-corrected chi connectivity index (χ3v) is 9.08. The van der Waals surface area contributed by atoms with E-state index in [1.54, 1.807) is 0 Å². The number of fused-ring (bicyclic) bond motifs is 5. The highest BCUT2D eigenvalue weighted by atomic mass is 14.3. The average Bonchev–Trinajstić information content (AvgIpc) is 3.28. The zero-order valence-corrected chi connectivity index (χ0v) is 23.4. The number of benzene rings is 7. The van der Waals surface area contributed by atoms with Crippen LogP contribution < -0.4 is 0 Å². The van der Waals surface area contributed by atoms with Crippen molar-refractivity contribution < 1.29 is 0 Å². The molecule has 0 saturated carbocycles. The van der Waals surface area contributed by atoms with Gasteiger partial charge in [-0.2, -0.15) is 0 Å². The quantitative estimate of drug-likeness (QED) is 0.203. The van der Waals surface area contributed by atoms with Crippen LogP contribution in [0.4, 0.5) is 0 Å². The van der Waals surface area contributed by atoms with Crippen LogP contribution in [0.1, 0.15) is 22.3 Å². The fourth-order valence-electron chi connectivity index (χ4n) is 7.41. The van der Waals surface area contributed by atoms with Gasteiger partial charge in [0.1, 0.15) is 0 Å². The first-order chi connectivity index (χ1) is 19.5. The maximum Gasteiger partial charge on any atom is -0.000721 e. The molecule has 0 aromatic heterocycles. The molecule has 7 aromatic carbocycles. The van der Waals surface area contributed by atoms with E-state index in [0.29, 0.717) is 0 Å². The van der Waals surface area contributed by atoms with E-state index in [-0.39, 0.29) is 0 Å². The average molecular weight is 511 g/mol. The summed E-state index contributed by atoms with van der Waals surface area (Å²) in [7, 11) is 0. The molecule has 0 heteroatoms. The predicted octanol–water partition coefficient (Wildman–Crippen LogP) is 11.4. The number of aryl methyl sites for hydroxylation is 4. The van der Waals surface area contributed by atoms with Crippen molar-refractivity contribution in [3.05, 3.63) is 131 Å². The Morgan fingerprint density at radius 3 is 1.12 bits per heavy atom. The van der Waals surface area contributed by atoms with E-state index in [0.717, 1.165) is 0 Å². The Labute approximate surface area is 235 Å². The zero-order valence-electron chi connectivity index (χ0n) is 23.4. The summed E-state index contributed by atoms with van der Waals surface area (Å²) in [5.41, 5.74) is 16.2. The molecular weight excluding hydrogens is 480 g/mol. The van der Waals surface area contributed by atoms with Gasteiger partial charge in [-0.3, -0.25) is 0 Å². The van der Waals surface area contributed by atoms with Crippen LogP contribution in [0, 0.1) is 27.7 Å². The summed E-state index contributed by atoms with van der Waals surface area (Å²) in [6, 6.07) is 40.8. The van der Waals surface area contributed by atoms with Gasteiger partial charge in [-0.05, 0) is 139 Å². The number of rotatable bonds is 2. The Morgan fingerprint density at radius 1 is 0.325 bits per heavy atom. The third kappa shape index (κ3) is 3.08. The molecule has 0 bridgehead atoms. The maximum atomic E-state index is 2.45. The minimum absolute atomic E-state index is 1.28. The summed E-state index contributed by atoms with van der Waals surface area (Å²) in [6.07, 6.45) is 0. The Kier molecular flexibility index (Phi) is 4.88. The molecule has 0 spiro atoms. The second kappa shape index (κ2) is 8.41. The van der Waals surface area contributed by atoms with E-state index in [2.05, 4.69) is 137 Å². The van der Waals surface area contributed by atoms with Gasteiger partial charge in [-0.1, -0.05) is 97.1 Å². The van der Waals surface area contributed by atoms with Crippen molar-refractivity contribution >= 4 is 32.3 Å². The molecule has 0 saturated heterocycles. The topological polar surface area (TPSA) is 0 Å². The van der Waals surface area contributed by atoms with Gasteiger partial charge in [-0.15, -0.1) is 0 Å². The molecule has 0 aliphatic heterocycles. The normalized spacial score (nSPS) is 12.0. The molecule has 1 aliphatic carbocycles. The largest absolute Gasteiger partial charge is 0.0617 e. The fraction of sp³-hybridized carbons (Fsp3) is 0.100. The maximum absolute atomic E-state index is 2.45. The lowest BCUT2D eigenvalue weighted by molar-refractivity contribution is 1.38. The van der Waals surface area contributed by atoms with Crippen LogP contribution in [-0.2, 0) is 0 Å². The van der Waals surface area contributed by atoms with E-state index < -0.39 is 0 Å². The molecule has 0 radical (unpaired) electrons. The molecular formula is C40H30. The summed E-state index contributed by atoms with van der Waals surface area (Å²) in [5.74, 6) is 0. The van der Waals surface area contributed by atoms with Gasteiger partial charge in [0, 0.05) is 0 Å². The molecule has 190 valence electrons. The van der Waals surface area contributed by atoms with Crippen LogP contribution in [0.25, 0.3) is 76.8 Å². The lowest BCUT2D eigenvalue weighted by Crippen LogP contribution is -1.98. The Balaban J connectivity index is 1.72. The lowest BCUT2D eigenvalue weighted by atomic mass is 9.78. The van der Waals surface area contributed by atoms with E-state index in [1.165, 1.54) is 99.1 Å². The molecule has 0 unspecified atom stereocenters. The summed E-state index contributed by atoms with van der Waals surface area (Å²) >= 11 is 0. The van der Waals surface area contributed by atoms with Crippen molar-refractivity contribution in [2.75, 3.05) is 0 Å². The molecule has 0 N–H and O–H groups in total. The Morgan fingerprint density at radius 2 is 0.700 bits per heavy atom. The van der Waals surface area contributed by atoms with E-state index in [9.17, 15) is 0 Å². The number of hydrogen-bond acceptors (Lipinski definition) is 0. The van der Waals surface area contributed by atoms with Crippen LogP contribution in [0.5, 0.6) is 0 Å². The second-order valence-corrected chi connectivity index (χ2v) is 11.5.